The molecule has 0 N–H and O–H groups in total. The molecule has 186 valence electrons. The zero-order valence-electron chi connectivity index (χ0n) is 19.1. The van der Waals surface area contributed by atoms with Gasteiger partial charge in [-0.15, -0.1) is 0 Å². The second-order valence-electron chi connectivity index (χ2n) is 8.34. The van der Waals surface area contributed by atoms with E-state index < -0.39 is 27.9 Å². The summed E-state index contributed by atoms with van der Waals surface area (Å²) in [6.07, 6.45) is -5.07. The summed E-state index contributed by atoms with van der Waals surface area (Å²) in [6.45, 7) is 2.67. The number of benzene rings is 3. The fraction of sp³-hybridized carbons (Fsp3) is 0.308. The number of rotatable bonds is 8. The average molecular weight is 505 g/mol. The Balaban J connectivity index is 1.38. The van der Waals surface area contributed by atoms with Crippen molar-refractivity contribution in [2.45, 2.75) is 17.2 Å². The van der Waals surface area contributed by atoms with Gasteiger partial charge in [0.2, 0.25) is 10.0 Å². The molecule has 1 atom stereocenters. The zero-order chi connectivity index (χ0) is 24.9. The lowest BCUT2D eigenvalue weighted by atomic mass is 9.99. The molecule has 0 aliphatic carbocycles. The van der Waals surface area contributed by atoms with Gasteiger partial charge in [0, 0.05) is 32.7 Å². The first-order chi connectivity index (χ1) is 16.7. The lowest BCUT2D eigenvalue weighted by molar-refractivity contribution is -0.137. The van der Waals surface area contributed by atoms with Gasteiger partial charge >= 0.3 is 6.18 Å². The fourth-order valence-electron chi connectivity index (χ4n) is 4.13. The maximum atomic E-state index is 13.3. The molecule has 0 aromatic heterocycles. The molecule has 0 unspecified atom stereocenters. The molecule has 0 spiro atoms. The average Bonchev–Trinajstić information content (AvgIpc) is 2.87. The summed E-state index contributed by atoms with van der Waals surface area (Å²) in [6, 6.07) is 22.7. The highest BCUT2D eigenvalue weighted by molar-refractivity contribution is 7.89. The second-order valence-corrected chi connectivity index (χ2v) is 10.3. The normalized spacial score (nSPS) is 16.8. The Bertz CT molecular complexity index is 1200. The van der Waals surface area contributed by atoms with Crippen LogP contribution in [-0.2, 0) is 20.9 Å². The van der Waals surface area contributed by atoms with Gasteiger partial charge < -0.3 is 4.74 Å². The highest BCUT2D eigenvalue weighted by atomic mass is 32.2. The van der Waals surface area contributed by atoms with Crippen molar-refractivity contribution < 1.29 is 26.3 Å². The van der Waals surface area contributed by atoms with Crippen LogP contribution >= 0.6 is 0 Å². The molecule has 3 aromatic rings. The summed E-state index contributed by atoms with van der Waals surface area (Å²) in [7, 11) is -3.52. The number of nitrogens with zero attached hydrogens (tertiary/aromatic N) is 2. The van der Waals surface area contributed by atoms with E-state index >= 15 is 0 Å². The second kappa shape index (κ2) is 10.9. The van der Waals surface area contributed by atoms with Crippen LogP contribution in [0.15, 0.2) is 89.8 Å². The molecule has 1 fully saturated rings. The Kier molecular flexibility index (Phi) is 7.91. The van der Waals surface area contributed by atoms with Crippen LogP contribution in [0.25, 0.3) is 0 Å². The minimum Gasteiger partial charge on any atom is -0.367 e. The predicted molar refractivity (Wildman–Crippen MR) is 127 cm³/mol. The summed E-state index contributed by atoms with van der Waals surface area (Å²) >= 11 is 0. The van der Waals surface area contributed by atoms with E-state index in [4.69, 9.17) is 4.74 Å². The largest absolute Gasteiger partial charge is 0.416 e. The molecule has 0 amide bonds. The Labute approximate surface area is 203 Å². The summed E-state index contributed by atoms with van der Waals surface area (Å²) in [5.74, 6) is 0. The summed E-state index contributed by atoms with van der Waals surface area (Å²) in [5, 5.41) is 0. The maximum absolute atomic E-state index is 13.3. The van der Waals surface area contributed by atoms with Crippen LogP contribution in [0.5, 0.6) is 0 Å². The van der Waals surface area contributed by atoms with Gasteiger partial charge in [-0.2, -0.15) is 17.5 Å². The van der Waals surface area contributed by atoms with Crippen molar-refractivity contribution in [2.75, 3.05) is 39.3 Å². The Morgan fingerprint density at radius 1 is 0.800 bits per heavy atom. The van der Waals surface area contributed by atoms with Crippen molar-refractivity contribution in [1.82, 2.24) is 9.21 Å². The van der Waals surface area contributed by atoms with Crippen LogP contribution < -0.4 is 0 Å². The van der Waals surface area contributed by atoms with Gasteiger partial charge in [0.05, 0.1) is 17.1 Å². The maximum Gasteiger partial charge on any atom is 0.416 e. The van der Waals surface area contributed by atoms with E-state index in [1.807, 2.05) is 30.3 Å². The molecule has 1 saturated heterocycles. The van der Waals surface area contributed by atoms with Gasteiger partial charge in [-0.25, -0.2) is 8.42 Å². The van der Waals surface area contributed by atoms with Crippen LogP contribution in [0, 0.1) is 0 Å². The van der Waals surface area contributed by atoms with Crippen LogP contribution in [0.2, 0.25) is 0 Å². The number of hydrogen-bond acceptors (Lipinski definition) is 4. The highest BCUT2D eigenvalue weighted by Gasteiger charge is 2.31. The van der Waals surface area contributed by atoms with Gasteiger partial charge in [0.1, 0.15) is 6.10 Å². The van der Waals surface area contributed by atoms with Crippen molar-refractivity contribution in [3.8, 4) is 0 Å². The smallest absolute Gasteiger partial charge is 0.367 e. The number of sulfonamides is 1. The predicted octanol–water partition coefficient (Wildman–Crippen LogP) is 4.82. The molecule has 3 aromatic carbocycles. The van der Waals surface area contributed by atoms with Crippen LogP contribution in [0.4, 0.5) is 13.2 Å². The molecular weight excluding hydrogens is 477 g/mol. The van der Waals surface area contributed by atoms with Gasteiger partial charge in [0.15, 0.2) is 0 Å². The third kappa shape index (κ3) is 6.29. The van der Waals surface area contributed by atoms with Gasteiger partial charge in [-0.3, -0.25) is 4.90 Å². The van der Waals surface area contributed by atoms with E-state index in [0.717, 1.165) is 17.7 Å². The van der Waals surface area contributed by atoms with Crippen molar-refractivity contribution in [2.24, 2.45) is 0 Å². The van der Waals surface area contributed by atoms with Gasteiger partial charge in [-0.1, -0.05) is 60.7 Å². The number of alkyl halides is 3. The molecule has 1 aliphatic rings. The molecule has 0 radical (unpaired) electrons. The van der Waals surface area contributed by atoms with Crippen molar-refractivity contribution in [3.63, 3.8) is 0 Å². The fourth-order valence-corrected chi connectivity index (χ4v) is 5.57. The Morgan fingerprint density at radius 3 is 2.03 bits per heavy atom. The molecular formula is C26H27F3N2O3S. The first kappa shape index (κ1) is 25.4. The number of piperazine rings is 1. The van der Waals surface area contributed by atoms with Crippen LogP contribution in [0.3, 0.4) is 0 Å². The Morgan fingerprint density at radius 2 is 1.40 bits per heavy atom. The molecule has 35 heavy (non-hydrogen) atoms. The van der Waals surface area contributed by atoms with E-state index in [1.54, 1.807) is 36.4 Å². The first-order valence-corrected chi connectivity index (χ1v) is 12.8. The van der Waals surface area contributed by atoms with Crippen molar-refractivity contribution in [3.05, 3.63) is 102 Å². The van der Waals surface area contributed by atoms with E-state index in [0.29, 0.717) is 44.9 Å². The summed E-state index contributed by atoms with van der Waals surface area (Å²) < 4.78 is 73.0. The van der Waals surface area contributed by atoms with Gasteiger partial charge in [-0.05, 0) is 35.4 Å². The molecule has 1 aliphatic heterocycles. The van der Waals surface area contributed by atoms with Crippen LogP contribution in [-0.4, -0.2) is 57.0 Å². The third-order valence-electron chi connectivity index (χ3n) is 6.02. The standard InChI is InChI=1S/C26H27F3N2O3S/c27-26(28,29)23-11-7-10-22(20-23)25(21-8-3-1-4-9-21)34-19-18-30-14-16-31(17-15-30)35(32,33)24-12-5-2-6-13-24/h1-13,20,25H,14-19H2/t25-/m1/s1. The van der Waals surface area contributed by atoms with E-state index in [9.17, 15) is 21.6 Å². The van der Waals surface area contributed by atoms with E-state index in [-0.39, 0.29) is 4.90 Å². The number of halogens is 3. The minimum atomic E-state index is -4.43. The van der Waals surface area contributed by atoms with Crippen molar-refractivity contribution >= 4 is 10.0 Å². The number of ether oxygens (including phenoxy) is 1. The molecule has 1 heterocycles. The van der Waals surface area contributed by atoms with Gasteiger partial charge in [0.25, 0.3) is 0 Å². The molecule has 4 rings (SSSR count). The molecule has 0 saturated carbocycles. The summed E-state index contributed by atoms with van der Waals surface area (Å²) in [4.78, 5) is 2.38. The molecule has 5 nitrogen and oxygen atoms in total. The molecule has 9 heteroatoms. The van der Waals surface area contributed by atoms with Crippen LogP contribution in [0.1, 0.15) is 22.8 Å². The van der Waals surface area contributed by atoms with E-state index in [1.165, 1.54) is 10.4 Å². The third-order valence-corrected chi connectivity index (χ3v) is 7.94. The monoisotopic (exact) mass is 504 g/mol. The lowest BCUT2D eigenvalue weighted by Gasteiger charge is -2.34. The summed E-state index contributed by atoms with van der Waals surface area (Å²) in [5.41, 5.74) is 0.491. The number of hydrogen-bond donors (Lipinski definition) is 0. The zero-order valence-corrected chi connectivity index (χ0v) is 19.9. The SMILES string of the molecule is O=S(=O)(c1ccccc1)N1CCN(CCO[C@H](c2ccccc2)c2cccc(C(F)(F)F)c2)CC1. The quantitative estimate of drug-likeness (QED) is 0.442. The Hall–Kier alpha value is -2.72. The first-order valence-electron chi connectivity index (χ1n) is 11.4. The minimum absolute atomic E-state index is 0.281. The molecule has 0 bridgehead atoms. The lowest BCUT2D eigenvalue weighted by Crippen LogP contribution is -2.49. The topological polar surface area (TPSA) is 49.9 Å². The van der Waals surface area contributed by atoms with Crippen molar-refractivity contribution in [1.29, 1.82) is 0 Å². The highest BCUT2D eigenvalue weighted by Crippen LogP contribution is 2.33. The van der Waals surface area contributed by atoms with E-state index in [2.05, 4.69) is 4.90 Å².